The van der Waals surface area contributed by atoms with E-state index in [4.69, 9.17) is 39.9 Å². The highest BCUT2D eigenvalue weighted by Gasteiger charge is 2.30. The summed E-state index contributed by atoms with van der Waals surface area (Å²) in [5.41, 5.74) is 14.3. The first kappa shape index (κ1) is 60.1. The second kappa shape index (κ2) is 30.1. The van der Waals surface area contributed by atoms with Crippen LogP contribution in [0.15, 0.2) is 59.4 Å². The zero-order chi connectivity index (χ0) is 56.8. The van der Waals surface area contributed by atoms with E-state index in [1.807, 2.05) is 18.2 Å². The van der Waals surface area contributed by atoms with Crippen LogP contribution < -0.4 is 47.9 Å². The molecule has 0 unspecified atom stereocenters. The van der Waals surface area contributed by atoms with Crippen LogP contribution in [0.5, 0.6) is 11.8 Å². The van der Waals surface area contributed by atoms with Crippen LogP contribution in [0.3, 0.4) is 0 Å². The van der Waals surface area contributed by atoms with Gasteiger partial charge in [0, 0.05) is 69.1 Å². The Balaban J connectivity index is 0.903. The van der Waals surface area contributed by atoms with E-state index in [0.29, 0.717) is 73.9 Å². The van der Waals surface area contributed by atoms with Gasteiger partial charge in [0.15, 0.2) is 11.5 Å². The number of imidazole rings is 1. The van der Waals surface area contributed by atoms with E-state index in [2.05, 4.69) is 41.1 Å². The number of piperazine rings is 1. The maximum Gasteiger partial charge on any atom is 0.410 e. The van der Waals surface area contributed by atoms with Crippen LogP contribution in [0.4, 0.5) is 21.1 Å². The van der Waals surface area contributed by atoms with Gasteiger partial charge in [0.05, 0.1) is 66.4 Å². The number of fused-ring (bicyclic) bond motifs is 1. The van der Waals surface area contributed by atoms with Crippen molar-refractivity contribution in [1.29, 1.82) is 0 Å². The molecule has 8 amide bonds. The Morgan fingerprint density at radius 2 is 1.48 bits per heavy atom. The Hall–Kier alpha value is -8.14. The minimum Gasteiger partial charge on any atom is -0.496 e. The lowest BCUT2D eigenvalue weighted by Crippen LogP contribution is -2.54. The van der Waals surface area contributed by atoms with Gasteiger partial charge in [-0.15, -0.1) is 0 Å². The third-order valence-corrected chi connectivity index (χ3v) is 12.6. The lowest BCUT2D eigenvalue weighted by molar-refractivity contribution is -0.137. The van der Waals surface area contributed by atoms with E-state index < -0.39 is 47.6 Å². The molecule has 2 aliphatic heterocycles. The number of methoxy groups -OCH3 is 1. The highest BCUT2D eigenvalue weighted by Crippen LogP contribution is 2.25. The fraction of sp³-hybridized carbons (Fsp3) is 0.500. The van der Waals surface area contributed by atoms with Crippen molar-refractivity contribution >= 4 is 64.3 Å². The molecule has 0 spiro atoms. The number of aromatic amines is 1. The molecule has 428 valence electrons. The van der Waals surface area contributed by atoms with Crippen LogP contribution >= 0.6 is 0 Å². The van der Waals surface area contributed by atoms with Crippen LogP contribution in [0.25, 0.3) is 11.2 Å². The van der Waals surface area contributed by atoms with Gasteiger partial charge < -0.3 is 71.0 Å². The number of hydrogen-bond donors (Lipinski definition) is 7. The maximum absolute atomic E-state index is 13.7. The summed E-state index contributed by atoms with van der Waals surface area (Å²) in [5.74, 6) is -1.95. The fourth-order valence-electron chi connectivity index (χ4n) is 8.40. The fourth-order valence-corrected chi connectivity index (χ4v) is 8.40. The molecule has 79 heavy (non-hydrogen) atoms. The molecule has 1 saturated heterocycles. The molecule has 2 aliphatic rings. The van der Waals surface area contributed by atoms with Crippen LogP contribution in [-0.2, 0) is 62.6 Å². The smallest absolute Gasteiger partial charge is 0.410 e. The number of carbonyl (C=O) groups excluding carboxylic acids is 7. The highest BCUT2D eigenvalue weighted by molar-refractivity contribution is 6.12. The maximum atomic E-state index is 13.7. The molecule has 2 atom stereocenters. The molecule has 27 heteroatoms. The number of nitrogens with two attached hydrogens (primary N) is 2. The number of rotatable bonds is 31. The standard InChI is InChI=1S/C52H71N13O14/c1-5-78-50-60-45(53)44-46(61-50)65(51(72)59-44)31-36-11-8-35(29-39(36)74-4)30-62-18-20-63(21-19-62)52(73)79-32-34-9-12-37(13-10-34)56-47(69)38(7-6-17-55-49(54)71)57-48(70)43(33(2)3)58-40(66)16-23-75-25-27-77-28-26-76-24-22-64-41(67)14-15-42(64)68/h8-15,29,33,38,43H,5-7,16-28,30-32H2,1-4H3,(H,56,69)(H,57,70)(H,58,66)(H,59,72)(H2,53,60,61)(H3,54,55,71)/t38-,43-/m0/s1. The van der Waals surface area contributed by atoms with Gasteiger partial charge in [0.1, 0.15) is 30.0 Å². The third kappa shape index (κ3) is 18.2. The van der Waals surface area contributed by atoms with E-state index in [1.54, 1.807) is 57.0 Å². The van der Waals surface area contributed by atoms with Crippen molar-refractivity contribution in [3.63, 3.8) is 0 Å². The molecule has 2 aromatic heterocycles. The first-order valence-corrected chi connectivity index (χ1v) is 26.0. The van der Waals surface area contributed by atoms with E-state index in [1.165, 1.54) is 16.7 Å². The topological polar surface area (TPSA) is 348 Å². The summed E-state index contributed by atoms with van der Waals surface area (Å²) < 4.78 is 34.6. The predicted molar refractivity (Wildman–Crippen MR) is 286 cm³/mol. The molecule has 1 fully saturated rings. The average Bonchev–Trinajstić information content (AvgIpc) is 3.97. The number of amides is 8. The van der Waals surface area contributed by atoms with Crippen molar-refractivity contribution in [1.82, 2.24) is 50.2 Å². The van der Waals surface area contributed by atoms with Crippen LogP contribution in [-0.4, -0.2) is 181 Å². The van der Waals surface area contributed by atoms with E-state index >= 15 is 0 Å². The summed E-state index contributed by atoms with van der Waals surface area (Å²) >= 11 is 0. The number of nitrogen functional groups attached to an aromatic ring is 1. The second-order valence-electron chi connectivity index (χ2n) is 18.7. The van der Waals surface area contributed by atoms with Gasteiger partial charge in [-0.2, -0.15) is 9.97 Å². The van der Waals surface area contributed by atoms with Gasteiger partial charge in [-0.25, -0.2) is 14.4 Å². The number of nitrogens with one attached hydrogen (secondary N) is 5. The van der Waals surface area contributed by atoms with Crippen LogP contribution in [0.1, 0.15) is 56.7 Å². The van der Waals surface area contributed by atoms with Crippen molar-refractivity contribution in [2.75, 3.05) is 104 Å². The van der Waals surface area contributed by atoms with Gasteiger partial charge in [-0.1, -0.05) is 38.1 Å². The number of ether oxygens (including phenoxy) is 6. The highest BCUT2D eigenvalue weighted by atomic mass is 16.6. The van der Waals surface area contributed by atoms with E-state index in [0.717, 1.165) is 16.0 Å². The quantitative estimate of drug-likeness (QED) is 0.0273. The summed E-state index contributed by atoms with van der Waals surface area (Å²) in [4.78, 5) is 117. The zero-order valence-electron chi connectivity index (χ0n) is 44.9. The number of aromatic nitrogens is 4. The summed E-state index contributed by atoms with van der Waals surface area (Å²) in [5, 5.41) is 10.8. The minimum absolute atomic E-state index is 0.0154. The van der Waals surface area contributed by atoms with Crippen LogP contribution in [0, 0.1) is 5.92 Å². The summed E-state index contributed by atoms with van der Waals surface area (Å²) in [6, 6.07) is 9.79. The number of hydrogen-bond acceptors (Lipinski definition) is 18. The first-order chi connectivity index (χ1) is 38.0. The average molecular weight is 1100 g/mol. The van der Waals surface area contributed by atoms with Gasteiger partial charge in [0.25, 0.3) is 11.8 Å². The molecule has 0 aliphatic carbocycles. The van der Waals surface area contributed by atoms with Crippen molar-refractivity contribution in [2.24, 2.45) is 11.7 Å². The molecule has 27 nitrogen and oxygen atoms in total. The Morgan fingerprint density at radius 1 is 0.810 bits per heavy atom. The Morgan fingerprint density at radius 3 is 2.14 bits per heavy atom. The summed E-state index contributed by atoms with van der Waals surface area (Å²) in [6.45, 7) is 9.96. The summed E-state index contributed by atoms with van der Waals surface area (Å²) in [6.07, 6.45) is 2.34. The summed E-state index contributed by atoms with van der Waals surface area (Å²) in [7, 11) is 1.57. The van der Waals surface area contributed by atoms with Crippen molar-refractivity contribution < 1.29 is 62.0 Å². The number of imide groups is 1. The first-order valence-electron chi connectivity index (χ1n) is 26.0. The molecule has 4 aromatic rings. The lowest BCUT2D eigenvalue weighted by atomic mass is 10.0. The van der Waals surface area contributed by atoms with Gasteiger partial charge in [0.2, 0.25) is 17.7 Å². The van der Waals surface area contributed by atoms with E-state index in [9.17, 15) is 38.4 Å². The number of nitrogens with zero attached hydrogens (tertiary/aromatic N) is 6. The second-order valence-corrected chi connectivity index (χ2v) is 18.7. The number of primary amides is 1. The third-order valence-electron chi connectivity index (χ3n) is 12.6. The molecule has 4 heterocycles. The number of benzene rings is 2. The molecular weight excluding hydrogens is 1030 g/mol. The minimum atomic E-state index is -1.06. The monoisotopic (exact) mass is 1100 g/mol. The van der Waals surface area contributed by atoms with Crippen molar-refractivity contribution in [3.8, 4) is 11.8 Å². The Labute approximate surface area is 456 Å². The normalized spacial score (nSPS) is 14.3. The molecule has 9 N–H and O–H groups in total. The van der Waals surface area contributed by atoms with Gasteiger partial charge >= 0.3 is 23.8 Å². The largest absolute Gasteiger partial charge is 0.496 e. The Bertz CT molecular complexity index is 2810. The van der Waals surface area contributed by atoms with Gasteiger partial charge in [-0.05, 0) is 55.0 Å². The Kier molecular flexibility index (Phi) is 22.9. The van der Waals surface area contributed by atoms with Crippen LogP contribution in [0.2, 0.25) is 0 Å². The van der Waals surface area contributed by atoms with Crippen molar-refractivity contribution in [2.45, 2.75) is 71.8 Å². The van der Waals surface area contributed by atoms with Crippen molar-refractivity contribution in [3.05, 3.63) is 81.8 Å². The number of H-pyrrole nitrogens is 1. The lowest BCUT2D eigenvalue weighted by Gasteiger charge is -2.34. The number of carbonyl (C=O) groups is 7. The zero-order valence-corrected chi connectivity index (χ0v) is 44.9. The van der Waals surface area contributed by atoms with E-state index in [-0.39, 0.29) is 108 Å². The molecular formula is C52H71N13O14. The number of urea groups is 1. The molecule has 0 bridgehead atoms. The molecule has 6 rings (SSSR count). The predicted octanol–water partition coefficient (Wildman–Crippen LogP) is 0.989. The van der Waals surface area contributed by atoms with Gasteiger partial charge in [-0.3, -0.25) is 38.3 Å². The SMILES string of the molecule is CCOc1nc(N)c2[nH]c(=O)n(Cc3ccc(CN4CCN(C(=O)OCc5ccc(NC(=O)[C@H](CCCNC(N)=O)NC(=O)[C@@H](NC(=O)CCOCCOCCOCCN6C(=O)C=CC6=O)C(C)C)cc5)CC4)cc3OC)c2n1. The number of anilines is 2. The molecule has 2 aromatic carbocycles. The molecule has 0 radical (unpaired) electrons. The molecule has 0 saturated carbocycles.